The zero-order valence-corrected chi connectivity index (χ0v) is 15.0. The van der Waals surface area contributed by atoms with E-state index in [9.17, 15) is 8.42 Å². The quantitative estimate of drug-likeness (QED) is 0.871. The van der Waals surface area contributed by atoms with E-state index in [1.165, 1.54) is 0 Å². The Morgan fingerprint density at radius 3 is 2.91 bits per heavy atom. The van der Waals surface area contributed by atoms with Gasteiger partial charge in [-0.25, -0.2) is 8.42 Å². The maximum Gasteiger partial charge on any atom is 0.215 e. The van der Waals surface area contributed by atoms with Crippen LogP contribution in [0.5, 0.6) is 0 Å². The van der Waals surface area contributed by atoms with Gasteiger partial charge in [0, 0.05) is 36.9 Å². The summed E-state index contributed by atoms with van der Waals surface area (Å²) in [5.74, 6) is 0.157. The van der Waals surface area contributed by atoms with Crippen molar-refractivity contribution in [1.29, 1.82) is 0 Å². The average molecular weight is 374 g/mol. The molecular formula is C15H20ClN3O2S2. The molecule has 1 atom stereocenters. The van der Waals surface area contributed by atoms with E-state index in [1.807, 2.05) is 29.6 Å². The summed E-state index contributed by atoms with van der Waals surface area (Å²) in [4.78, 5) is 5.22. The fraction of sp³-hybridized carbons (Fsp3) is 0.400. The molecule has 8 heteroatoms. The molecule has 23 heavy (non-hydrogen) atoms. The van der Waals surface area contributed by atoms with Gasteiger partial charge in [0.05, 0.1) is 11.8 Å². The summed E-state index contributed by atoms with van der Waals surface area (Å²) in [7, 11) is -3.28. The summed E-state index contributed by atoms with van der Waals surface area (Å²) in [5.41, 5.74) is 0.939. The second kappa shape index (κ2) is 8.21. The number of aromatic nitrogens is 1. The number of hydrogen-bond acceptors (Lipinski definition) is 5. The van der Waals surface area contributed by atoms with E-state index in [2.05, 4.69) is 10.3 Å². The van der Waals surface area contributed by atoms with E-state index in [-0.39, 0.29) is 24.2 Å². The van der Waals surface area contributed by atoms with Gasteiger partial charge in [-0.15, -0.1) is 23.7 Å². The van der Waals surface area contributed by atoms with Gasteiger partial charge in [0.25, 0.3) is 0 Å². The Balaban J connectivity index is 0.00000192. The van der Waals surface area contributed by atoms with E-state index in [0.29, 0.717) is 26.1 Å². The molecule has 1 N–H and O–H groups in total. The molecule has 5 nitrogen and oxygen atoms in total. The minimum absolute atomic E-state index is 0. The number of piperazine rings is 1. The van der Waals surface area contributed by atoms with Crippen molar-refractivity contribution in [3.8, 4) is 0 Å². The lowest BCUT2D eigenvalue weighted by atomic mass is 10.1. The zero-order valence-electron chi connectivity index (χ0n) is 12.6. The van der Waals surface area contributed by atoms with Gasteiger partial charge in [0.15, 0.2) is 0 Å². The van der Waals surface area contributed by atoms with Crippen LogP contribution in [0.15, 0.2) is 42.0 Å². The molecule has 1 fully saturated rings. The largest absolute Gasteiger partial charge is 0.313 e. The average Bonchev–Trinajstić information content (AvgIpc) is 3.07. The van der Waals surface area contributed by atoms with Crippen LogP contribution in [0, 0.1) is 0 Å². The van der Waals surface area contributed by atoms with Gasteiger partial charge in [-0.05, 0) is 29.5 Å². The smallest absolute Gasteiger partial charge is 0.215 e. The maximum atomic E-state index is 12.7. The second-order valence-electron chi connectivity index (χ2n) is 5.26. The number of hydrogen-bond donors (Lipinski definition) is 1. The van der Waals surface area contributed by atoms with Crippen LogP contribution in [0.25, 0.3) is 0 Å². The summed E-state index contributed by atoms with van der Waals surface area (Å²) < 4.78 is 27.1. The molecular weight excluding hydrogens is 354 g/mol. The Morgan fingerprint density at radius 2 is 2.22 bits per heavy atom. The molecule has 1 unspecified atom stereocenters. The lowest BCUT2D eigenvalue weighted by Crippen LogP contribution is -2.49. The van der Waals surface area contributed by atoms with E-state index in [0.717, 1.165) is 10.4 Å². The Kier molecular flexibility index (Phi) is 6.55. The molecule has 0 aliphatic carbocycles. The fourth-order valence-electron chi connectivity index (χ4n) is 2.68. The van der Waals surface area contributed by atoms with Crippen LogP contribution in [0.2, 0.25) is 0 Å². The molecule has 1 saturated heterocycles. The third kappa shape index (κ3) is 4.51. The highest BCUT2D eigenvalue weighted by Crippen LogP contribution is 2.25. The van der Waals surface area contributed by atoms with Gasteiger partial charge < -0.3 is 5.32 Å². The van der Waals surface area contributed by atoms with E-state index in [4.69, 9.17) is 0 Å². The van der Waals surface area contributed by atoms with Crippen molar-refractivity contribution >= 4 is 33.8 Å². The molecule has 2 aromatic heterocycles. The predicted octanol–water partition coefficient (Wildman–Crippen LogP) is 2.08. The maximum absolute atomic E-state index is 12.7. The van der Waals surface area contributed by atoms with Crippen molar-refractivity contribution < 1.29 is 8.42 Å². The van der Waals surface area contributed by atoms with Crippen LogP contribution < -0.4 is 5.32 Å². The van der Waals surface area contributed by atoms with Gasteiger partial charge in [-0.2, -0.15) is 4.31 Å². The number of nitrogens with zero attached hydrogens (tertiary/aromatic N) is 2. The van der Waals surface area contributed by atoms with Crippen LogP contribution in [-0.2, 0) is 16.4 Å². The van der Waals surface area contributed by atoms with Crippen molar-refractivity contribution in [2.45, 2.75) is 12.5 Å². The minimum atomic E-state index is -3.28. The molecule has 0 saturated carbocycles. The van der Waals surface area contributed by atoms with Crippen LogP contribution >= 0.6 is 23.7 Å². The first kappa shape index (κ1) is 18.4. The third-order valence-electron chi connectivity index (χ3n) is 3.81. The Morgan fingerprint density at radius 1 is 1.35 bits per heavy atom. The molecule has 0 amide bonds. The summed E-state index contributed by atoms with van der Waals surface area (Å²) in [6.45, 7) is 1.82. The summed E-state index contributed by atoms with van der Waals surface area (Å²) in [6, 6.07) is 7.55. The highest BCUT2D eigenvalue weighted by molar-refractivity contribution is 7.89. The molecule has 126 valence electrons. The molecule has 0 bridgehead atoms. The van der Waals surface area contributed by atoms with E-state index in [1.54, 1.807) is 28.0 Å². The molecule has 3 heterocycles. The standard InChI is InChI=1S/C15H19N3O2S2.ClH/c19-22(20,10-5-14-4-2-9-21-14)18-8-7-17-12-15(18)13-3-1-6-16-11-13;/h1-4,6,9,11,15,17H,5,7-8,10,12H2;1H. The summed E-state index contributed by atoms with van der Waals surface area (Å²) in [6.07, 6.45) is 4.03. The number of rotatable bonds is 5. The first-order chi connectivity index (χ1) is 10.7. The van der Waals surface area contributed by atoms with E-state index >= 15 is 0 Å². The first-order valence-electron chi connectivity index (χ1n) is 7.29. The number of pyridine rings is 1. The monoisotopic (exact) mass is 373 g/mol. The molecule has 0 spiro atoms. The van der Waals surface area contributed by atoms with Crippen LogP contribution in [0.4, 0.5) is 0 Å². The van der Waals surface area contributed by atoms with Crippen molar-refractivity contribution in [2.24, 2.45) is 0 Å². The van der Waals surface area contributed by atoms with Crippen LogP contribution in [0.3, 0.4) is 0 Å². The predicted molar refractivity (Wildman–Crippen MR) is 95.6 cm³/mol. The molecule has 1 aliphatic heterocycles. The van der Waals surface area contributed by atoms with Gasteiger partial charge in [0.1, 0.15) is 0 Å². The van der Waals surface area contributed by atoms with Crippen molar-refractivity contribution in [1.82, 2.24) is 14.6 Å². The molecule has 0 radical (unpaired) electrons. The van der Waals surface area contributed by atoms with E-state index < -0.39 is 10.0 Å². The van der Waals surface area contributed by atoms with Gasteiger partial charge in [0.2, 0.25) is 10.0 Å². The van der Waals surface area contributed by atoms with Crippen molar-refractivity contribution in [3.05, 3.63) is 52.5 Å². The van der Waals surface area contributed by atoms with Crippen molar-refractivity contribution in [2.75, 3.05) is 25.4 Å². The zero-order chi connectivity index (χ0) is 15.4. The number of halogens is 1. The van der Waals surface area contributed by atoms with Gasteiger partial charge in [-0.3, -0.25) is 4.98 Å². The number of nitrogens with one attached hydrogen (secondary N) is 1. The molecule has 0 aromatic carbocycles. The second-order valence-corrected chi connectivity index (χ2v) is 8.34. The van der Waals surface area contributed by atoms with Crippen molar-refractivity contribution in [3.63, 3.8) is 0 Å². The van der Waals surface area contributed by atoms with Gasteiger partial charge in [-0.1, -0.05) is 12.1 Å². The lowest BCUT2D eigenvalue weighted by molar-refractivity contribution is 0.271. The molecule has 2 aromatic rings. The fourth-order valence-corrected chi connectivity index (χ4v) is 5.18. The van der Waals surface area contributed by atoms with Crippen LogP contribution in [-0.4, -0.2) is 43.1 Å². The molecule has 3 rings (SSSR count). The lowest BCUT2D eigenvalue weighted by Gasteiger charge is -2.35. The highest BCUT2D eigenvalue weighted by atomic mass is 35.5. The highest BCUT2D eigenvalue weighted by Gasteiger charge is 2.33. The number of thiophene rings is 1. The molecule has 1 aliphatic rings. The van der Waals surface area contributed by atoms with Crippen LogP contribution in [0.1, 0.15) is 16.5 Å². The minimum Gasteiger partial charge on any atom is -0.313 e. The Hall–Kier alpha value is -0.990. The SMILES string of the molecule is Cl.O=S(=O)(CCc1cccs1)N1CCNCC1c1cccnc1. The normalized spacial score (nSPS) is 19.2. The Labute approximate surface area is 147 Å². The summed E-state index contributed by atoms with van der Waals surface area (Å²) in [5, 5.41) is 5.25. The number of aryl methyl sites for hydroxylation is 1. The topological polar surface area (TPSA) is 62.3 Å². The first-order valence-corrected chi connectivity index (χ1v) is 9.78. The number of sulfonamides is 1. The third-order valence-corrected chi connectivity index (χ3v) is 6.62. The summed E-state index contributed by atoms with van der Waals surface area (Å²) >= 11 is 1.60. The Bertz CT molecular complexity index is 693. The van der Waals surface area contributed by atoms with Gasteiger partial charge >= 0.3 is 0 Å².